The van der Waals surface area contributed by atoms with E-state index in [4.69, 9.17) is 0 Å². The second kappa shape index (κ2) is 8.81. The summed E-state index contributed by atoms with van der Waals surface area (Å²) in [5.74, 6) is -0.0551. The molecular formula is C18H17N5O3S2. The second-order valence-corrected chi connectivity index (χ2v) is 8.16. The van der Waals surface area contributed by atoms with Crippen molar-refractivity contribution < 1.29 is 9.72 Å². The number of carbonyl (C=O) groups is 1. The Hall–Kier alpha value is -2.98. The van der Waals surface area contributed by atoms with Crippen LogP contribution in [-0.2, 0) is 4.79 Å². The van der Waals surface area contributed by atoms with Crippen molar-refractivity contribution in [1.29, 1.82) is 0 Å². The minimum atomic E-state index is -0.466. The predicted octanol–water partition coefficient (Wildman–Crippen LogP) is 4.54. The Bertz CT molecular complexity index is 1020. The Labute approximate surface area is 169 Å². The number of aromatic nitrogens is 2. The molecule has 144 valence electrons. The molecule has 8 nitrogen and oxygen atoms in total. The van der Waals surface area contributed by atoms with Gasteiger partial charge in [-0.3, -0.25) is 14.9 Å². The van der Waals surface area contributed by atoms with Crippen molar-refractivity contribution in [1.82, 2.24) is 10.2 Å². The van der Waals surface area contributed by atoms with Crippen LogP contribution < -0.4 is 10.6 Å². The highest BCUT2D eigenvalue weighted by molar-refractivity contribution is 8.01. The normalized spacial score (nSPS) is 10.5. The van der Waals surface area contributed by atoms with Crippen LogP contribution in [0.3, 0.4) is 0 Å². The zero-order chi connectivity index (χ0) is 20.1. The molecule has 0 unspecified atom stereocenters. The van der Waals surface area contributed by atoms with Crippen molar-refractivity contribution in [2.75, 3.05) is 16.4 Å². The van der Waals surface area contributed by atoms with E-state index >= 15 is 0 Å². The monoisotopic (exact) mass is 415 g/mol. The van der Waals surface area contributed by atoms with Gasteiger partial charge in [0.25, 0.3) is 5.69 Å². The van der Waals surface area contributed by atoms with E-state index in [0.29, 0.717) is 20.7 Å². The van der Waals surface area contributed by atoms with Gasteiger partial charge in [-0.2, -0.15) is 0 Å². The van der Waals surface area contributed by atoms with Crippen LogP contribution in [0.1, 0.15) is 11.1 Å². The maximum atomic E-state index is 12.2. The van der Waals surface area contributed by atoms with Gasteiger partial charge in [-0.1, -0.05) is 35.2 Å². The van der Waals surface area contributed by atoms with Crippen molar-refractivity contribution in [2.24, 2.45) is 0 Å². The number of anilines is 3. The summed E-state index contributed by atoms with van der Waals surface area (Å²) in [7, 11) is 0. The second-order valence-electron chi connectivity index (χ2n) is 5.96. The molecule has 0 bridgehead atoms. The number of non-ortho nitro benzene ring substituents is 1. The molecule has 28 heavy (non-hydrogen) atoms. The lowest BCUT2D eigenvalue weighted by molar-refractivity contribution is -0.384. The third kappa shape index (κ3) is 5.27. The minimum absolute atomic E-state index is 0.00706. The van der Waals surface area contributed by atoms with Gasteiger partial charge < -0.3 is 10.6 Å². The smallest absolute Gasteiger partial charge is 0.269 e. The van der Waals surface area contributed by atoms with Gasteiger partial charge in [0, 0.05) is 23.5 Å². The third-order valence-corrected chi connectivity index (χ3v) is 5.67. The number of nitrogens with zero attached hydrogens (tertiary/aromatic N) is 3. The maximum Gasteiger partial charge on any atom is 0.269 e. The summed E-state index contributed by atoms with van der Waals surface area (Å²) in [6, 6.07) is 12.2. The van der Waals surface area contributed by atoms with Crippen LogP contribution in [0, 0.1) is 24.0 Å². The summed E-state index contributed by atoms with van der Waals surface area (Å²) in [5.41, 5.74) is 3.25. The minimum Gasteiger partial charge on any atom is -0.330 e. The molecule has 1 amide bonds. The summed E-state index contributed by atoms with van der Waals surface area (Å²) in [5, 5.41) is 25.5. The van der Waals surface area contributed by atoms with E-state index in [2.05, 4.69) is 20.8 Å². The molecule has 0 atom stereocenters. The highest BCUT2D eigenvalue weighted by Gasteiger charge is 2.12. The third-order valence-electron chi connectivity index (χ3n) is 3.70. The van der Waals surface area contributed by atoms with Gasteiger partial charge in [-0.25, -0.2) is 0 Å². The standard InChI is InChI=1S/C18H17N5O3S2/c1-11-4-3-5-13(8-11)19-17-21-22-18(28-17)27-10-16(24)20-15-7-6-14(23(25)26)9-12(15)2/h3-9H,10H2,1-2H3,(H,19,21)(H,20,24). The summed E-state index contributed by atoms with van der Waals surface area (Å²) < 4.78 is 0.672. The van der Waals surface area contributed by atoms with E-state index in [-0.39, 0.29) is 17.3 Å². The molecule has 2 N–H and O–H groups in total. The summed E-state index contributed by atoms with van der Waals surface area (Å²) >= 11 is 2.65. The molecule has 0 aliphatic carbocycles. The molecule has 3 aromatic rings. The molecule has 0 radical (unpaired) electrons. The van der Waals surface area contributed by atoms with E-state index in [1.54, 1.807) is 6.92 Å². The fourth-order valence-corrected chi connectivity index (χ4v) is 3.95. The quantitative estimate of drug-likeness (QED) is 0.331. The van der Waals surface area contributed by atoms with Crippen molar-refractivity contribution in [3.05, 3.63) is 63.7 Å². The molecule has 0 fully saturated rings. The number of aryl methyl sites for hydroxylation is 2. The average Bonchev–Trinajstić information content (AvgIpc) is 3.09. The lowest BCUT2D eigenvalue weighted by atomic mass is 10.2. The number of nitrogens with one attached hydrogen (secondary N) is 2. The molecule has 3 rings (SSSR count). The number of thioether (sulfide) groups is 1. The molecule has 2 aromatic carbocycles. The first kappa shape index (κ1) is 19.8. The highest BCUT2D eigenvalue weighted by atomic mass is 32.2. The Kier molecular flexibility index (Phi) is 6.22. The Morgan fingerprint density at radius 3 is 2.75 bits per heavy atom. The number of nitro groups is 1. The van der Waals surface area contributed by atoms with Crippen molar-refractivity contribution >= 4 is 51.2 Å². The average molecular weight is 416 g/mol. The molecule has 1 aromatic heterocycles. The number of carbonyl (C=O) groups excluding carboxylic acids is 1. The number of hydrogen-bond acceptors (Lipinski definition) is 8. The lowest BCUT2D eigenvalue weighted by Gasteiger charge is -2.07. The summed E-state index contributed by atoms with van der Waals surface area (Å²) in [6.07, 6.45) is 0. The van der Waals surface area contributed by atoms with Crippen molar-refractivity contribution in [3.8, 4) is 0 Å². The lowest BCUT2D eigenvalue weighted by Crippen LogP contribution is -2.14. The van der Waals surface area contributed by atoms with Gasteiger partial charge in [-0.15, -0.1) is 10.2 Å². The number of hydrogen-bond donors (Lipinski definition) is 2. The molecule has 0 aliphatic heterocycles. The van der Waals surface area contributed by atoms with Gasteiger partial charge in [0.05, 0.1) is 10.7 Å². The van der Waals surface area contributed by atoms with Crippen LogP contribution >= 0.6 is 23.1 Å². The Morgan fingerprint density at radius 2 is 2.04 bits per heavy atom. The molecular weight excluding hydrogens is 398 g/mol. The number of rotatable bonds is 7. The first-order valence-electron chi connectivity index (χ1n) is 8.25. The van der Waals surface area contributed by atoms with Crippen LogP contribution in [0.25, 0.3) is 0 Å². The molecule has 0 saturated carbocycles. The Balaban J connectivity index is 1.54. The maximum absolute atomic E-state index is 12.2. The fourth-order valence-electron chi connectivity index (χ4n) is 2.38. The molecule has 1 heterocycles. The number of amides is 1. The summed E-state index contributed by atoms with van der Waals surface area (Å²) in [4.78, 5) is 22.5. The molecule has 0 aliphatic rings. The number of benzene rings is 2. The van der Waals surface area contributed by atoms with Gasteiger partial charge >= 0.3 is 0 Å². The van der Waals surface area contributed by atoms with Gasteiger partial charge in [0.2, 0.25) is 11.0 Å². The van der Waals surface area contributed by atoms with Crippen LogP contribution in [-0.4, -0.2) is 26.8 Å². The first-order chi connectivity index (χ1) is 13.4. The summed E-state index contributed by atoms with van der Waals surface area (Å²) in [6.45, 7) is 3.72. The zero-order valence-corrected chi connectivity index (χ0v) is 16.8. The predicted molar refractivity (Wildman–Crippen MR) is 112 cm³/mol. The van der Waals surface area contributed by atoms with Gasteiger partial charge in [0.15, 0.2) is 4.34 Å². The topological polar surface area (TPSA) is 110 Å². The highest BCUT2D eigenvalue weighted by Crippen LogP contribution is 2.28. The number of nitro benzene ring substituents is 1. The first-order valence-corrected chi connectivity index (χ1v) is 10.1. The van der Waals surface area contributed by atoms with Crippen molar-refractivity contribution in [2.45, 2.75) is 18.2 Å². The molecule has 0 spiro atoms. The van der Waals surface area contributed by atoms with Crippen LogP contribution in [0.5, 0.6) is 0 Å². The van der Waals surface area contributed by atoms with Crippen LogP contribution in [0.15, 0.2) is 46.8 Å². The zero-order valence-electron chi connectivity index (χ0n) is 15.1. The largest absolute Gasteiger partial charge is 0.330 e. The van der Waals surface area contributed by atoms with Gasteiger partial charge in [0.1, 0.15) is 0 Å². The van der Waals surface area contributed by atoms with E-state index in [1.807, 2.05) is 31.2 Å². The van der Waals surface area contributed by atoms with Gasteiger partial charge in [-0.05, 0) is 43.2 Å². The van der Waals surface area contributed by atoms with E-state index in [9.17, 15) is 14.9 Å². The van der Waals surface area contributed by atoms with E-state index in [1.165, 1.54) is 41.3 Å². The fraction of sp³-hybridized carbons (Fsp3) is 0.167. The Morgan fingerprint density at radius 1 is 1.21 bits per heavy atom. The van der Waals surface area contributed by atoms with E-state index in [0.717, 1.165) is 11.3 Å². The molecule has 10 heteroatoms. The van der Waals surface area contributed by atoms with E-state index < -0.39 is 4.92 Å². The molecule has 0 saturated heterocycles. The SMILES string of the molecule is Cc1cccc(Nc2nnc(SCC(=O)Nc3ccc([N+](=O)[O-])cc3C)s2)c1. The van der Waals surface area contributed by atoms with Crippen molar-refractivity contribution in [3.63, 3.8) is 0 Å². The van der Waals surface area contributed by atoms with Crippen LogP contribution in [0.2, 0.25) is 0 Å². The van der Waals surface area contributed by atoms with Crippen LogP contribution in [0.4, 0.5) is 22.2 Å².